The van der Waals surface area contributed by atoms with Crippen LogP contribution in [0.2, 0.25) is 0 Å². The molecule has 1 rings (SSSR count). The number of rotatable bonds is 4. The number of thiol groups is 1. The lowest BCUT2D eigenvalue weighted by molar-refractivity contribution is -0.386. The van der Waals surface area contributed by atoms with Gasteiger partial charge in [-0.3, -0.25) is 14.9 Å². The van der Waals surface area contributed by atoms with Crippen LogP contribution in [0.5, 0.6) is 0 Å². The predicted molar refractivity (Wildman–Crippen MR) is 55.8 cm³/mol. The SMILES string of the molecule is O=c1ccn(CCCS)cc1[N+](=O)[O-]. The first kappa shape index (κ1) is 10.8. The zero-order chi connectivity index (χ0) is 10.6. The Bertz CT molecular complexity index is 388. The number of hydrogen-bond donors (Lipinski definition) is 1. The first-order chi connectivity index (χ1) is 6.65. The van der Waals surface area contributed by atoms with Crippen molar-refractivity contribution in [1.82, 2.24) is 4.57 Å². The Kier molecular flexibility index (Phi) is 3.70. The molecule has 1 heterocycles. The van der Waals surface area contributed by atoms with Crippen LogP contribution in [0.25, 0.3) is 0 Å². The number of hydrogen-bond acceptors (Lipinski definition) is 4. The summed E-state index contributed by atoms with van der Waals surface area (Å²) in [5.41, 5.74) is -0.941. The van der Waals surface area contributed by atoms with Crippen LogP contribution in [0.15, 0.2) is 23.3 Å². The molecule has 0 bridgehead atoms. The van der Waals surface area contributed by atoms with Gasteiger partial charge in [0.25, 0.3) is 5.43 Å². The molecule has 0 amide bonds. The van der Waals surface area contributed by atoms with Gasteiger partial charge in [-0.05, 0) is 12.2 Å². The molecule has 0 N–H and O–H groups in total. The number of pyridine rings is 1. The molecule has 0 aromatic carbocycles. The average Bonchev–Trinajstić information content (AvgIpc) is 2.16. The standard InChI is InChI=1S/C8H10N2O3S/c11-8-2-4-9(3-1-5-14)6-7(8)10(12)13/h2,4,6,14H,1,3,5H2. The summed E-state index contributed by atoms with van der Waals surface area (Å²) < 4.78 is 1.62. The van der Waals surface area contributed by atoms with E-state index < -0.39 is 10.4 Å². The molecule has 0 saturated carbocycles. The molecule has 1 aromatic rings. The van der Waals surface area contributed by atoms with Gasteiger partial charge in [0.1, 0.15) is 0 Å². The van der Waals surface area contributed by atoms with E-state index >= 15 is 0 Å². The first-order valence-corrected chi connectivity index (χ1v) is 4.73. The quantitative estimate of drug-likeness (QED) is 0.463. The summed E-state index contributed by atoms with van der Waals surface area (Å²) in [6, 6.07) is 1.21. The molecule has 14 heavy (non-hydrogen) atoms. The van der Waals surface area contributed by atoms with Crippen molar-refractivity contribution >= 4 is 18.3 Å². The van der Waals surface area contributed by atoms with Crippen molar-refractivity contribution in [3.8, 4) is 0 Å². The lowest BCUT2D eigenvalue weighted by Crippen LogP contribution is -2.11. The second kappa shape index (κ2) is 4.80. The zero-order valence-electron chi connectivity index (χ0n) is 7.42. The minimum atomic E-state index is -0.667. The highest BCUT2D eigenvalue weighted by atomic mass is 32.1. The second-order valence-electron chi connectivity index (χ2n) is 2.77. The van der Waals surface area contributed by atoms with Crippen LogP contribution in [0, 0.1) is 10.1 Å². The smallest absolute Gasteiger partial charge is 0.332 e. The fraction of sp³-hybridized carbons (Fsp3) is 0.375. The fourth-order valence-electron chi connectivity index (χ4n) is 1.04. The molecule has 76 valence electrons. The Morgan fingerprint density at radius 2 is 2.29 bits per heavy atom. The van der Waals surface area contributed by atoms with Gasteiger partial charge < -0.3 is 4.57 Å². The van der Waals surface area contributed by atoms with E-state index in [1.165, 1.54) is 12.3 Å². The maximum absolute atomic E-state index is 11.0. The predicted octanol–water partition coefficient (Wildman–Crippen LogP) is 1.08. The monoisotopic (exact) mass is 214 g/mol. The minimum absolute atomic E-state index is 0.383. The van der Waals surface area contributed by atoms with Gasteiger partial charge in [0.15, 0.2) is 0 Å². The minimum Gasteiger partial charge on any atom is -0.348 e. The second-order valence-corrected chi connectivity index (χ2v) is 3.21. The molecule has 1 aromatic heterocycles. The number of nitrogens with zero attached hydrogens (tertiary/aromatic N) is 2. The summed E-state index contributed by atoms with van der Waals surface area (Å²) in [6.45, 7) is 0.630. The van der Waals surface area contributed by atoms with Crippen LogP contribution >= 0.6 is 12.6 Å². The average molecular weight is 214 g/mol. The van der Waals surface area contributed by atoms with Gasteiger partial charge in [0.05, 0.1) is 11.1 Å². The van der Waals surface area contributed by atoms with Gasteiger partial charge in [0, 0.05) is 18.8 Å². The third-order valence-corrected chi connectivity index (χ3v) is 2.05. The van der Waals surface area contributed by atoms with Gasteiger partial charge in [-0.1, -0.05) is 0 Å². The summed E-state index contributed by atoms with van der Waals surface area (Å²) in [7, 11) is 0. The van der Waals surface area contributed by atoms with Gasteiger partial charge in [0.2, 0.25) is 0 Å². The van der Waals surface area contributed by atoms with Crippen molar-refractivity contribution in [2.45, 2.75) is 13.0 Å². The Morgan fingerprint density at radius 1 is 1.57 bits per heavy atom. The topological polar surface area (TPSA) is 65.1 Å². The largest absolute Gasteiger partial charge is 0.348 e. The summed E-state index contributed by atoms with van der Waals surface area (Å²) in [5.74, 6) is 0.708. The van der Waals surface area contributed by atoms with E-state index in [9.17, 15) is 14.9 Å². The Labute approximate surface area is 85.9 Å². The van der Waals surface area contributed by atoms with Gasteiger partial charge in [-0.15, -0.1) is 0 Å². The molecular formula is C8H10N2O3S. The Morgan fingerprint density at radius 3 is 2.86 bits per heavy atom. The van der Waals surface area contributed by atoms with Crippen LogP contribution in [0.3, 0.4) is 0 Å². The summed E-state index contributed by atoms with van der Waals surface area (Å²) >= 11 is 4.03. The lowest BCUT2D eigenvalue weighted by Gasteiger charge is -2.03. The molecule has 5 nitrogen and oxygen atoms in total. The van der Waals surface area contributed by atoms with Crippen molar-refractivity contribution in [3.63, 3.8) is 0 Å². The molecule has 0 unspecified atom stereocenters. The maximum Gasteiger partial charge on any atom is 0.332 e. The van der Waals surface area contributed by atoms with Crippen molar-refractivity contribution in [1.29, 1.82) is 0 Å². The highest BCUT2D eigenvalue weighted by Gasteiger charge is 2.10. The molecule has 0 aliphatic carbocycles. The zero-order valence-corrected chi connectivity index (χ0v) is 8.31. The molecule has 0 aliphatic heterocycles. The Balaban J connectivity index is 2.95. The molecule has 0 saturated heterocycles. The third kappa shape index (κ3) is 2.59. The number of aromatic nitrogens is 1. The molecule has 0 radical (unpaired) electrons. The van der Waals surface area contributed by atoms with E-state index in [1.54, 1.807) is 10.8 Å². The van der Waals surface area contributed by atoms with Crippen molar-refractivity contribution in [3.05, 3.63) is 38.8 Å². The fourth-order valence-corrected chi connectivity index (χ4v) is 1.18. The van der Waals surface area contributed by atoms with Crippen molar-refractivity contribution in [2.75, 3.05) is 5.75 Å². The molecule has 6 heteroatoms. The van der Waals surface area contributed by atoms with Crippen LogP contribution < -0.4 is 5.43 Å². The van der Waals surface area contributed by atoms with E-state index in [-0.39, 0.29) is 5.69 Å². The van der Waals surface area contributed by atoms with E-state index in [1.807, 2.05) is 0 Å². The van der Waals surface area contributed by atoms with Gasteiger partial charge in [-0.25, -0.2) is 0 Å². The normalized spacial score (nSPS) is 10.1. The summed E-state index contributed by atoms with van der Waals surface area (Å²) in [4.78, 5) is 20.8. The van der Waals surface area contributed by atoms with Crippen LogP contribution in [0.4, 0.5) is 5.69 Å². The van der Waals surface area contributed by atoms with E-state index in [0.29, 0.717) is 12.3 Å². The first-order valence-electron chi connectivity index (χ1n) is 4.10. The van der Waals surface area contributed by atoms with Crippen molar-refractivity contribution < 1.29 is 4.92 Å². The van der Waals surface area contributed by atoms with Crippen molar-refractivity contribution in [2.24, 2.45) is 0 Å². The highest BCUT2D eigenvalue weighted by molar-refractivity contribution is 7.80. The van der Waals surface area contributed by atoms with E-state index in [4.69, 9.17) is 0 Å². The molecule has 0 aliphatic rings. The van der Waals surface area contributed by atoms with Gasteiger partial charge in [-0.2, -0.15) is 12.6 Å². The van der Waals surface area contributed by atoms with E-state index in [2.05, 4.69) is 12.6 Å². The lowest BCUT2D eigenvalue weighted by atomic mass is 10.4. The van der Waals surface area contributed by atoms with Crippen LogP contribution in [0.1, 0.15) is 6.42 Å². The summed E-state index contributed by atoms with van der Waals surface area (Å²) in [6.07, 6.45) is 3.60. The molecule has 0 atom stereocenters. The third-order valence-electron chi connectivity index (χ3n) is 1.73. The molecule has 0 spiro atoms. The number of nitro groups is 1. The molecule has 0 fully saturated rings. The summed E-state index contributed by atoms with van der Waals surface area (Å²) in [5, 5.41) is 10.4. The number of aryl methyl sites for hydroxylation is 1. The van der Waals surface area contributed by atoms with Crippen LogP contribution in [-0.4, -0.2) is 15.2 Å². The maximum atomic E-state index is 11.0. The van der Waals surface area contributed by atoms with Gasteiger partial charge >= 0.3 is 5.69 Å². The molecular weight excluding hydrogens is 204 g/mol. The van der Waals surface area contributed by atoms with E-state index in [0.717, 1.165) is 6.42 Å². The Hall–Kier alpha value is -1.30. The highest BCUT2D eigenvalue weighted by Crippen LogP contribution is 2.03. The van der Waals surface area contributed by atoms with Crippen LogP contribution in [-0.2, 0) is 6.54 Å².